The fourth-order valence-corrected chi connectivity index (χ4v) is 3.05. The van der Waals surface area contributed by atoms with Gasteiger partial charge < -0.3 is 9.88 Å². The summed E-state index contributed by atoms with van der Waals surface area (Å²) in [6.07, 6.45) is 4.77. The standard InChI is InChI=1S/C16H20N2O/c1-12-10-13-6-2-5-9-15(13)18(12)11-16(19)17-14-7-3-4-8-14/h2,5-6,9-10,14H,3-4,7-8,11H2,1H3,(H,17,19). The highest BCUT2D eigenvalue weighted by Gasteiger charge is 2.17. The molecule has 0 unspecified atom stereocenters. The maximum absolute atomic E-state index is 12.1. The second kappa shape index (κ2) is 5.08. The molecule has 0 saturated heterocycles. The molecule has 1 aromatic heterocycles. The zero-order valence-electron chi connectivity index (χ0n) is 11.4. The summed E-state index contributed by atoms with van der Waals surface area (Å²) in [6.45, 7) is 2.48. The van der Waals surface area contributed by atoms with Gasteiger partial charge in [-0.25, -0.2) is 0 Å². The van der Waals surface area contributed by atoms with Crippen molar-refractivity contribution in [3.63, 3.8) is 0 Å². The molecule has 0 radical (unpaired) electrons. The molecule has 3 nitrogen and oxygen atoms in total. The molecule has 1 aliphatic rings. The molecular formula is C16H20N2O. The first-order valence-corrected chi connectivity index (χ1v) is 7.08. The van der Waals surface area contributed by atoms with Gasteiger partial charge in [-0.2, -0.15) is 0 Å². The monoisotopic (exact) mass is 256 g/mol. The molecule has 0 aliphatic heterocycles. The first-order valence-electron chi connectivity index (χ1n) is 7.08. The Labute approximate surface area is 113 Å². The quantitative estimate of drug-likeness (QED) is 0.900. The van der Waals surface area contributed by atoms with Gasteiger partial charge in [0.2, 0.25) is 5.91 Å². The number of carbonyl (C=O) groups is 1. The molecule has 3 heteroatoms. The van der Waals surface area contributed by atoms with Gasteiger partial charge in [0.05, 0.1) is 0 Å². The van der Waals surface area contributed by atoms with Crippen molar-refractivity contribution in [1.29, 1.82) is 0 Å². The fourth-order valence-electron chi connectivity index (χ4n) is 3.05. The van der Waals surface area contributed by atoms with Crippen LogP contribution >= 0.6 is 0 Å². The minimum Gasteiger partial charge on any atom is -0.352 e. The van der Waals surface area contributed by atoms with Gasteiger partial charge in [0.25, 0.3) is 0 Å². The van der Waals surface area contributed by atoms with Gasteiger partial charge in [0, 0.05) is 17.3 Å². The lowest BCUT2D eigenvalue weighted by Crippen LogP contribution is -2.35. The van der Waals surface area contributed by atoms with Crippen molar-refractivity contribution in [1.82, 2.24) is 9.88 Å². The number of rotatable bonds is 3. The van der Waals surface area contributed by atoms with E-state index in [9.17, 15) is 4.79 Å². The Bertz CT molecular complexity index is 594. The number of benzene rings is 1. The van der Waals surface area contributed by atoms with E-state index in [4.69, 9.17) is 0 Å². The number of aromatic nitrogens is 1. The molecule has 19 heavy (non-hydrogen) atoms. The molecule has 1 amide bonds. The van der Waals surface area contributed by atoms with Gasteiger partial charge >= 0.3 is 0 Å². The highest BCUT2D eigenvalue weighted by molar-refractivity contribution is 5.84. The van der Waals surface area contributed by atoms with E-state index in [2.05, 4.69) is 35.0 Å². The topological polar surface area (TPSA) is 34.0 Å². The van der Waals surface area contributed by atoms with Gasteiger partial charge in [0.15, 0.2) is 0 Å². The van der Waals surface area contributed by atoms with Crippen LogP contribution in [0.4, 0.5) is 0 Å². The first kappa shape index (κ1) is 12.3. The van der Waals surface area contributed by atoms with E-state index in [0.717, 1.165) is 24.1 Å². The summed E-state index contributed by atoms with van der Waals surface area (Å²) in [4.78, 5) is 12.1. The van der Waals surface area contributed by atoms with Crippen molar-refractivity contribution < 1.29 is 4.79 Å². The van der Waals surface area contributed by atoms with E-state index in [1.54, 1.807) is 0 Å². The zero-order valence-corrected chi connectivity index (χ0v) is 11.4. The fraction of sp³-hybridized carbons (Fsp3) is 0.438. The van der Waals surface area contributed by atoms with E-state index < -0.39 is 0 Å². The SMILES string of the molecule is Cc1cc2ccccc2n1CC(=O)NC1CCCC1. The molecule has 3 rings (SSSR count). The van der Waals surface area contributed by atoms with Crippen LogP contribution in [-0.4, -0.2) is 16.5 Å². The van der Waals surface area contributed by atoms with Crippen LogP contribution in [0, 0.1) is 6.92 Å². The Balaban J connectivity index is 1.77. The molecule has 1 aliphatic carbocycles. The van der Waals surface area contributed by atoms with E-state index in [1.165, 1.54) is 18.2 Å². The Kier molecular flexibility index (Phi) is 3.28. The van der Waals surface area contributed by atoms with Gasteiger partial charge in [-0.05, 0) is 37.3 Å². The van der Waals surface area contributed by atoms with Crippen LogP contribution in [0.1, 0.15) is 31.4 Å². The van der Waals surface area contributed by atoms with Crippen molar-refractivity contribution in [3.8, 4) is 0 Å². The number of amides is 1. The molecule has 1 heterocycles. The zero-order chi connectivity index (χ0) is 13.2. The van der Waals surface area contributed by atoms with Crippen LogP contribution in [0.25, 0.3) is 10.9 Å². The Morgan fingerprint density at radius 1 is 1.32 bits per heavy atom. The number of nitrogens with one attached hydrogen (secondary N) is 1. The molecule has 0 bridgehead atoms. The molecule has 1 aromatic carbocycles. The highest BCUT2D eigenvalue weighted by atomic mass is 16.2. The summed E-state index contributed by atoms with van der Waals surface area (Å²) in [5, 5.41) is 4.35. The van der Waals surface area contributed by atoms with Gasteiger partial charge in [-0.15, -0.1) is 0 Å². The van der Waals surface area contributed by atoms with Crippen molar-refractivity contribution in [2.75, 3.05) is 0 Å². The molecule has 1 fully saturated rings. The number of fused-ring (bicyclic) bond motifs is 1. The summed E-state index contributed by atoms with van der Waals surface area (Å²) < 4.78 is 2.10. The number of aryl methyl sites for hydroxylation is 1. The normalized spacial score (nSPS) is 16.1. The summed E-state index contributed by atoms with van der Waals surface area (Å²) in [6, 6.07) is 10.8. The summed E-state index contributed by atoms with van der Waals surface area (Å²) in [5.41, 5.74) is 2.28. The smallest absolute Gasteiger partial charge is 0.240 e. The predicted molar refractivity (Wildman–Crippen MR) is 77.1 cm³/mol. The van der Waals surface area contributed by atoms with Crippen LogP contribution < -0.4 is 5.32 Å². The Hall–Kier alpha value is -1.77. The molecular weight excluding hydrogens is 236 g/mol. The third-order valence-electron chi connectivity index (χ3n) is 4.04. The van der Waals surface area contributed by atoms with Gasteiger partial charge in [-0.3, -0.25) is 4.79 Å². The Morgan fingerprint density at radius 3 is 2.84 bits per heavy atom. The van der Waals surface area contributed by atoms with E-state index in [1.807, 2.05) is 12.1 Å². The molecule has 100 valence electrons. The van der Waals surface area contributed by atoms with Gasteiger partial charge in [-0.1, -0.05) is 31.0 Å². The highest BCUT2D eigenvalue weighted by Crippen LogP contribution is 2.20. The number of hydrogen-bond acceptors (Lipinski definition) is 1. The van der Waals surface area contributed by atoms with E-state index >= 15 is 0 Å². The van der Waals surface area contributed by atoms with Crippen LogP contribution in [0.15, 0.2) is 30.3 Å². The second-order valence-corrected chi connectivity index (χ2v) is 5.48. The van der Waals surface area contributed by atoms with Crippen molar-refractivity contribution in [2.45, 2.75) is 45.2 Å². The number of para-hydroxylation sites is 1. The number of hydrogen-bond donors (Lipinski definition) is 1. The van der Waals surface area contributed by atoms with E-state index in [-0.39, 0.29) is 5.91 Å². The lowest BCUT2D eigenvalue weighted by molar-refractivity contribution is -0.122. The minimum absolute atomic E-state index is 0.136. The molecule has 0 atom stereocenters. The minimum atomic E-state index is 0.136. The lowest BCUT2D eigenvalue weighted by Gasteiger charge is -2.13. The van der Waals surface area contributed by atoms with Crippen LogP contribution in [0.3, 0.4) is 0 Å². The molecule has 2 aromatic rings. The third kappa shape index (κ3) is 2.50. The molecule has 0 spiro atoms. The average Bonchev–Trinajstić information content (AvgIpc) is 2.99. The van der Waals surface area contributed by atoms with E-state index in [0.29, 0.717) is 12.6 Å². The van der Waals surface area contributed by atoms with Crippen molar-refractivity contribution in [2.24, 2.45) is 0 Å². The van der Waals surface area contributed by atoms with Crippen molar-refractivity contribution >= 4 is 16.8 Å². The first-order chi connectivity index (χ1) is 9.24. The summed E-state index contributed by atoms with van der Waals surface area (Å²) in [7, 11) is 0. The van der Waals surface area contributed by atoms with Crippen molar-refractivity contribution in [3.05, 3.63) is 36.0 Å². The van der Waals surface area contributed by atoms with Crippen LogP contribution in [0.2, 0.25) is 0 Å². The third-order valence-corrected chi connectivity index (χ3v) is 4.04. The average molecular weight is 256 g/mol. The maximum atomic E-state index is 12.1. The molecule has 1 N–H and O–H groups in total. The maximum Gasteiger partial charge on any atom is 0.240 e. The number of carbonyl (C=O) groups excluding carboxylic acids is 1. The van der Waals surface area contributed by atoms with Crippen LogP contribution in [0.5, 0.6) is 0 Å². The predicted octanol–water partition coefficient (Wildman–Crippen LogP) is 3.01. The second-order valence-electron chi connectivity index (χ2n) is 5.48. The Morgan fingerprint density at radius 2 is 2.05 bits per heavy atom. The molecule has 1 saturated carbocycles. The lowest BCUT2D eigenvalue weighted by atomic mass is 10.2. The summed E-state index contributed by atoms with van der Waals surface area (Å²) in [5.74, 6) is 0.136. The summed E-state index contributed by atoms with van der Waals surface area (Å²) >= 11 is 0. The number of nitrogens with zero attached hydrogens (tertiary/aromatic N) is 1. The van der Waals surface area contributed by atoms with Gasteiger partial charge in [0.1, 0.15) is 6.54 Å². The largest absolute Gasteiger partial charge is 0.352 e. The van der Waals surface area contributed by atoms with Crippen LogP contribution in [-0.2, 0) is 11.3 Å².